The molecule has 0 aromatic heterocycles. The van der Waals surface area contributed by atoms with Gasteiger partial charge in [0.15, 0.2) is 18.3 Å². The molecule has 0 saturated carbocycles. The lowest BCUT2D eigenvalue weighted by molar-refractivity contribution is -0.612. The second-order valence-corrected chi connectivity index (χ2v) is 7.67. The van der Waals surface area contributed by atoms with Crippen molar-refractivity contribution in [3.63, 3.8) is 0 Å². The molecule has 1 aromatic carbocycles. The monoisotopic (exact) mass is 351 g/mol. The molecule has 0 amide bonds. The molecule has 2 aliphatic heterocycles. The fraction of sp³-hybridized carbons (Fsp3) is 0.550. The van der Waals surface area contributed by atoms with Crippen LogP contribution < -0.4 is 0 Å². The zero-order chi connectivity index (χ0) is 18.1. The zero-order valence-electron chi connectivity index (χ0n) is 14.9. The summed E-state index contributed by atoms with van der Waals surface area (Å²) >= 11 is 0. The van der Waals surface area contributed by atoms with Crippen LogP contribution >= 0.6 is 0 Å². The predicted molar refractivity (Wildman–Crippen MR) is 93.7 cm³/mol. The highest BCUT2D eigenvalue weighted by atomic mass is 19.4. The Kier molecular flexibility index (Phi) is 4.94. The van der Waals surface area contributed by atoms with Gasteiger partial charge in [-0.3, -0.25) is 0 Å². The molecule has 1 saturated heterocycles. The van der Waals surface area contributed by atoms with Gasteiger partial charge in [0.05, 0.1) is 12.0 Å². The molecule has 0 radical (unpaired) electrons. The SMILES string of the molecule is CC1(C)CC(N2CCCCC2)=CC=[N+]1Cc1ccc(C(F)(F)F)cc1. The van der Waals surface area contributed by atoms with Crippen molar-refractivity contribution < 1.29 is 17.7 Å². The van der Waals surface area contributed by atoms with Gasteiger partial charge in [0.2, 0.25) is 0 Å². The number of nitrogens with zero attached hydrogens (tertiary/aromatic N) is 2. The number of rotatable bonds is 3. The Hall–Kier alpha value is -1.78. The highest BCUT2D eigenvalue weighted by Gasteiger charge is 2.36. The summed E-state index contributed by atoms with van der Waals surface area (Å²) in [6, 6.07) is 5.50. The van der Waals surface area contributed by atoms with E-state index in [0.29, 0.717) is 6.54 Å². The quantitative estimate of drug-likeness (QED) is 0.706. The van der Waals surface area contributed by atoms with Crippen LogP contribution in [-0.2, 0) is 12.7 Å². The fourth-order valence-electron chi connectivity index (χ4n) is 3.64. The zero-order valence-corrected chi connectivity index (χ0v) is 14.9. The maximum Gasteiger partial charge on any atom is 0.416 e. The van der Waals surface area contributed by atoms with Crippen molar-refractivity contribution in [3.05, 3.63) is 47.2 Å². The number of halogens is 3. The van der Waals surface area contributed by atoms with Crippen LogP contribution in [0.25, 0.3) is 0 Å². The Morgan fingerprint density at radius 2 is 1.68 bits per heavy atom. The van der Waals surface area contributed by atoms with Crippen molar-refractivity contribution in [1.29, 1.82) is 0 Å². The van der Waals surface area contributed by atoms with Crippen molar-refractivity contribution in [3.8, 4) is 0 Å². The maximum absolute atomic E-state index is 12.7. The van der Waals surface area contributed by atoms with E-state index in [9.17, 15) is 13.2 Å². The molecule has 0 unspecified atom stereocenters. The first-order chi connectivity index (χ1) is 11.8. The normalized spacial score (nSPS) is 20.9. The van der Waals surface area contributed by atoms with Crippen molar-refractivity contribution in [2.75, 3.05) is 13.1 Å². The molecule has 1 fully saturated rings. The van der Waals surface area contributed by atoms with Gasteiger partial charge in [-0.25, -0.2) is 4.58 Å². The summed E-state index contributed by atoms with van der Waals surface area (Å²) in [6.07, 6.45) is 4.80. The number of likely N-dealkylation sites (tertiary alicyclic amines) is 1. The molecule has 5 heteroatoms. The van der Waals surface area contributed by atoms with Crippen LogP contribution in [0.3, 0.4) is 0 Å². The number of hydrogen-bond donors (Lipinski definition) is 0. The Bertz CT molecular complexity index is 663. The lowest BCUT2D eigenvalue weighted by Gasteiger charge is -2.36. The topological polar surface area (TPSA) is 6.25 Å². The van der Waals surface area contributed by atoms with E-state index in [-0.39, 0.29) is 5.54 Å². The summed E-state index contributed by atoms with van der Waals surface area (Å²) in [5.41, 5.74) is 1.63. The number of allylic oxidation sites excluding steroid dienone is 1. The molecule has 2 aliphatic rings. The van der Waals surface area contributed by atoms with E-state index in [1.807, 2.05) is 0 Å². The van der Waals surface area contributed by atoms with Gasteiger partial charge in [0, 0.05) is 44.3 Å². The summed E-state index contributed by atoms with van der Waals surface area (Å²) < 4.78 is 40.3. The van der Waals surface area contributed by atoms with Crippen molar-refractivity contribution in [2.45, 2.75) is 57.8 Å². The van der Waals surface area contributed by atoms with Gasteiger partial charge in [-0.05, 0) is 31.4 Å². The lowest BCUT2D eigenvalue weighted by Crippen LogP contribution is -2.43. The van der Waals surface area contributed by atoms with E-state index in [1.165, 1.54) is 37.1 Å². The number of piperidine rings is 1. The summed E-state index contributed by atoms with van der Waals surface area (Å²) in [5, 5.41) is 0. The largest absolute Gasteiger partial charge is 0.416 e. The molecule has 25 heavy (non-hydrogen) atoms. The van der Waals surface area contributed by atoms with Gasteiger partial charge in [0.1, 0.15) is 0 Å². The van der Waals surface area contributed by atoms with Crippen molar-refractivity contribution >= 4 is 6.21 Å². The van der Waals surface area contributed by atoms with Gasteiger partial charge >= 0.3 is 6.18 Å². The van der Waals surface area contributed by atoms with Crippen LogP contribution in [-0.4, -0.2) is 34.3 Å². The lowest BCUT2D eigenvalue weighted by atomic mass is 9.92. The van der Waals surface area contributed by atoms with Crippen LogP contribution in [0.4, 0.5) is 13.2 Å². The summed E-state index contributed by atoms with van der Waals surface area (Å²) in [7, 11) is 0. The van der Waals surface area contributed by atoms with Crippen LogP contribution in [0.5, 0.6) is 0 Å². The number of benzene rings is 1. The van der Waals surface area contributed by atoms with Crippen LogP contribution in [0, 0.1) is 0 Å². The standard InChI is InChI=1S/C20H26F3N2/c1-19(2)14-18(24-11-4-3-5-12-24)10-13-25(19)15-16-6-8-17(9-7-16)20(21,22)23/h6-10,13H,3-5,11-12,14-15H2,1-2H3/q+1. The number of hydrogen-bond acceptors (Lipinski definition) is 1. The second-order valence-electron chi connectivity index (χ2n) is 7.67. The first-order valence-corrected chi connectivity index (χ1v) is 8.98. The first-order valence-electron chi connectivity index (χ1n) is 8.98. The Morgan fingerprint density at radius 3 is 2.24 bits per heavy atom. The summed E-state index contributed by atoms with van der Waals surface area (Å²) in [6.45, 7) is 7.29. The van der Waals surface area contributed by atoms with E-state index >= 15 is 0 Å². The van der Waals surface area contributed by atoms with E-state index in [4.69, 9.17) is 0 Å². The summed E-state index contributed by atoms with van der Waals surface area (Å²) in [5.74, 6) is 0. The summed E-state index contributed by atoms with van der Waals surface area (Å²) in [4.78, 5) is 2.48. The molecule has 0 atom stereocenters. The van der Waals surface area contributed by atoms with Gasteiger partial charge in [-0.1, -0.05) is 12.1 Å². The molecule has 2 heterocycles. The number of alkyl halides is 3. The molecule has 0 aliphatic carbocycles. The highest BCUT2D eigenvalue weighted by Crippen LogP contribution is 2.31. The Labute approximate surface area is 147 Å². The Morgan fingerprint density at radius 1 is 1.04 bits per heavy atom. The van der Waals surface area contributed by atoms with E-state index in [0.717, 1.165) is 25.1 Å². The third-order valence-corrected chi connectivity index (χ3v) is 5.23. The van der Waals surface area contributed by atoms with Crippen LogP contribution in [0.1, 0.15) is 50.7 Å². The fourth-order valence-corrected chi connectivity index (χ4v) is 3.64. The molecular formula is C20H26F3N2+. The third kappa shape index (κ3) is 4.25. The Balaban J connectivity index is 1.74. The minimum absolute atomic E-state index is 0.0514. The van der Waals surface area contributed by atoms with Crippen molar-refractivity contribution in [1.82, 2.24) is 4.90 Å². The molecule has 2 nitrogen and oxygen atoms in total. The molecule has 136 valence electrons. The average molecular weight is 351 g/mol. The molecule has 0 N–H and O–H groups in total. The third-order valence-electron chi connectivity index (χ3n) is 5.23. The average Bonchev–Trinajstić information content (AvgIpc) is 2.57. The first kappa shape index (κ1) is 18.0. The second kappa shape index (κ2) is 6.85. The molecule has 0 bridgehead atoms. The van der Waals surface area contributed by atoms with E-state index < -0.39 is 11.7 Å². The predicted octanol–water partition coefficient (Wildman–Crippen LogP) is 4.84. The van der Waals surface area contributed by atoms with Gasteiger partial charge in [-0.2, -0.15) is 13.2 Å². The van der Waals surface area contributed by atoms with Gasteiger partial charge in [0.25, 0.3) is 0 Å². The van der Waals surface area contributed by atoms with Gasteiger partial charge in [-0.15, -0.1) is 0 Å². The maximum atomic E-state index is 12.7. The van der Waals surface area contributed by atoms with Crippen LogP contribution in [0.15, 0.2) is 36.0 Å². The van der Waals surface area contributed by atoms with E-state index in [1.54, 1.807) is 12.1 Å². The minimum Gasteiger partial charge on any atom is -0.374 e. The van der Waals surface area contributed by atoms with Crippen molar-refractivity contribution in [2.24, 2.45) is 0 Å². The highest BCUT2D eigenvalue weighted by molar-refractivity contribution is 5.68. The minimum atomic E-state index is -4.28. The molecule has 1 aromatic rings. The molecule has 0 spiro atoms. The van der Waals surface area contributed by atoms with E-state index in [2.05, 4.69) is 35.6 Å². The molecule has 3 rings (SSSR count). The molecular weight excluding hydrogens is 325 g/mol. The smallest absolute Gasteiger partial charge is 0.374 e. The van der Waals surface area contributed by atoms with Crippen LogP contribution in [0.2, 0.25) is 0 Å². The van der Waals surface area contributed by atoms with Gasteiger partial charge < -0.3 is 4.90 Å².